The van der Waals surface area contributed by atoms with Gasteiger partial charge in [-0.1, -0.05) is 19.3 Å². The molecule has 1 spiro atoms. The van der Waals surface area contributed by atoms with Crippen molar-refractivity contribution in [3.05, 3.63) is 0 Å². The molecule has 4 fully saturated rings. The number of likely N-dealkylation sites (tertiary alicyclic amines) is 1. The van der Waals surface area contributed by atoms with Crippen LogP contribution in [0.5, 0.6) is 0 Å². The minimum atomic E-state index is -0.479. The van der Waals surface area contributed by atoms with Gasteiger partial charge in [0.25, 0.3) is 0 Å². The van der Waals surface area contributed by atoms with E-state index < -0.39 is 5.41 Å². The number of amides is 3. The maximum atomic E-state index is 12.6. The van der Waals surface area contributed by atoms with Crippen molar-refractivity contribution in [2.45, 2.75) is 70.8 Å². The Bertz CT molecular complexity index is 567. The first-order valence-corrected chi connectivity index (χ1v) is 9.63. The van der Waals surface area contributed by atoms with Crippen molar-refractivity contribution in [3.63, 3.8) is 0 Å². The van der Waals surface area contributed by atoms with Gasteiger partial charge in [-0.2, -0.15) is 0 Å². The average molecular weight is 332 g/mol. The van der Waals surface area contributed by atoms with Gasteiger partial charge < -0.3 is 5.32 Å². The van der Waals surface area contributed by atoms with Crippen molar-refractivity contribution in [1.82, 2.24) is 10.2 Å². The Hall–Kier alpha value is -1.39. The largest absolute Gasteiger partial charge is 0.352 e. The van der Waals surface area contributed by atoms with Crippen LogP contribution in [-0.2, 0) is 14.4 Å². The zero-order valence-corrected chi connectivity index (χ0v) is 14.6. The molecule has 4 rings (SSSR count). The molecule has 1 saturated heterocycles. The number of hydrogen-bond acceptors (Lipinski definition) is 3. The molecule has 0 aromatic carbocycles. The molecule has 4 aliphatic rings. The molecule has 5 nitrogen and oxygen atoms in total. The van der Waals surface area contributed by atoms with E-state index in [0.29, 0.717) is 12.3 Å². The van der Waals surface area contributed by atoms with Crippen molar-refractivity contribution in [2.75, 3.05) is 6.54 Å². The Labute approximate surface area is 143 Å². The highest BCUT2D eigenvalue weighted by atomic mass is 16.2. The maximum absolute atomic E-state index is 12.6. The quantitative estimate of drug-likeness (QED) is 0.803. The Morgan fingerprint density at radius 2 is 2.00 bits per heavy atom. The van der Waals surface area contributed by atoms with E-state index in [1.54, 1.807) is 0 Å². The monoisotopic (exact) mass is 332 g/mol. The second kappa shape index (κ2) is 5.85. The van der Waals surface area contributed by atoms with Crippen molar-refractivity contribution in [2.24, 2.45) is 23.2 Å². The molecule has 3 amide bonds. The number of hydrogen-bond donors (Lipinski definition) is 1. The lowest BCUT2D eigenvalue weighted by atomic mass is 9.84. The number of imide groups is 1. The lowest BCUT2D eigenvalue weighted by Gasteiger charge is -2.29. The van der Waals surface area contributed by atoms with Crippen LogP contribution in [0.3, 0.4) is 0 Å². The molecular weight excluding hydrogens is 304 g/mol. The first-order chi connectivity index (χ1) is 11.5. The minimum Gasteiger partial charge on any atom is -0.352 e. The fourth-order valence-electron chi connectivity index (χ4n) is 5.92. The summed E-state index contributed by atoms with van der Waals surface area (Å²) in [5.74, 6) is 1.73. The summed E-state index contributed by atoms with van der Waals surface area (Å²) in [6.45, 7) is 1.99. The highest BCUT2D eigenvalue weighted by molar-refractivity contribution is 6.08. The Morgan fingerprint density at radius 3 is 2.62 bits per heavy atom. The topological polar surface area (TPSA) is 66.5 Å². The SMILES string of the molecule is C[C@@H](NC(=O)CN1C(=O)CC2(CCCC2)C1=O)[C@H]1C[C@H]2CC[C@H]1C2. The van der Waals surface area contributed by atoms with E-state index in [0.717, 1.165) is 37.5 Å². The van der Waals surface area contributed by atoms with Gasteiger partial charge >= 0.3 is 0 Å². The van der Waals surface area contributed by atoms with E-state index in [1.807, 2.05) is 0 Å². The number of fused-ring (bicyclic) bond motifs is 2. The molecule has 0 radical (unpaired) electrons. The van der Waals surface area contributed by atoms with Gasteiger partial charge in [-0.25, -0.2) is 0 Å². The summed E-state index contributed by atoms with van der Waals surface area (Å²) < 4.78 is 0. The van der Waals surface area contributed by atoms with Gasteiger partial charge in [0.05, 0.1) is 5.41 Å². The number of carbonyl (C=O) groups is 3. The minimum absolute atomic E-state index is 0.0927. The molecule has 1 heterocycles. The molecule has 4 atom stereocenters. The third-order valence-corrected chi connectivity index (χ3v) is 7.18. The van der Waals surface area contributed by atoms with E-state index in [1.165, 1.54) is 30.6 Å². The van der Waals surface area contributed by atoms with Crippen LogP contribution in [0.4, 0.5) is 0 Å². The van der Waals surface area contributed by atoms with Crippen LogP contribution in [0.2, 0.25) is 0 Å². The smallest absolute Gasteiger partial charge is 0.240 e. The number of carbonyl (C=O) groups excluding carboxylic acids is 3. The maximum Gasteiger partial charge on any atom is 0.240 e. The predicted molar refractivity (Wildman–Crippen MR) is 88.8 cm³/mol. The van der Waals surface area contributed by atoms with Crippen LogP contribution in [-0.4, -0.2) is 35.2 Å². The third kappa shape index (κ3) is 2.56. The van der Waals surface area contributed by atoms with Gasteiger partial charge in [0.15, 0.2) is 0 Å². The first kappa shape index (κ1) is 16.1. The third-order valence-electron chi connectivity index (χ3n) is 7.18. The molecule has 2 bridgehead atoms. The molecule has 5 heteroatoms. The molecule has 3 saturated carbocycles. The average Bonchev–Trinajstić information content (AvgIpc) is 3.30. The number of nitrogens with one attached hydrogen (secondary N) is 1. The van der Waals surface area contributed by atoms with E-state index in [4.69, 9.17) is 0 Å². The molecule has 132 valence electrons. The van der Waals surface area contributed by atoms with Crippen LogP contribution in [0.1, 0.15) is 64.7 Å². The molecule has 0 aromatic rings. The standard InChI is InChI=1S/C19H28N2O3/c1-12(15-9-13-4-5-14(15)8-13)20-16(22)11-21-17(23)10-19(18(21)24)6-2-3-7-19/h12-15H,2-11H2,1H3,(H,20,22)/t12-,13+,14+,15-/m1/s1. The predicted octanol–water partition coefficient (Wildman–Crippen LogP) is 2.25. The van der Waals surface area contributed by atoms with Gasteiger partial charge in [-0.3, -0.25) is 19.3 Å². The summed E-state index contributed by atoms with van der Waals surface area (Å²) in [4.78, 5) is 38.5. The molecule has 0 aromatic heterocycles. The summed E-state index contributed by atoms with van der Waals surface area (Å²) in [6, 6.07) is 0.140. The second-order valence-electron chi connectivity index (χ2n) is 8.64. The summed E-state index contributed by atoms with van der Waals surface area (Å²) in [5.41, 5.74) is -0.479. The highest BCUT2D eigenvalue weighted by Gasteiger charge is 2.53. The summed E-state index contributed by atoms with van der Waals surface area (Å²) in [5, 5.41) is 3.07. The molecule has 24 heavy (non-hydrogen) atoms. The summed E-state index contributed by atoms with van der Waals surface area (Å²) in [7, 11) is 0. The van der Waals surface area contributed by atoms with E-state index in [2.05, 4.69) is 12.2 Å². The van der Waals surface area contributed by atoms with Gasteiger partial charge in [0, 0.05) is 12.5 Å². The normalized spacial score (nSPS) is 35.2. The van der Waals surface area contributed by atoms with Crippen LogP contribution in [0.25, 0.3) is 0 Å². The van der Waals surface area contributed by atoms with Gasteiger partial charge in [-0.05, 0) is 56.8 Å². The zero-order valence-electron chi connectivity index (χ0n) is 14.6. The zero-order chi connectivity index (χ0) is 16.9. The van der Waals surface area contributed by atoms with Gasteiger partial charge in [-0.15, -0.1) is 0 Å². The van der Waals surface area contributed by atoms with Crippen molar-refractivity contribution >= 4 is 17.7 Å². The molecule has 3 aliphatic carbocycles. The van der Waals surface area contributed by atoms with E-state index in [9.17, 15) is 14.4 Å². The van der Waals surface area contributed by atoms with Crippen LogP contribution in [0, 0.1) is 23.2 Å². The van der Waals surface area contributed by atoms with Crippen LogP contribution >= 0.6 is 0 Å². The van der Waals surface area contributed by atoms with Crippen molar-refractivity contribution in [3.8, 4) is 0 Å². The van der Waals surface area contributed by atoms with Crippen LogP contribution in [0.15, 0.2) is 0 Å². The molecular formula is C19H28N2O3. The Kier molecular flexibility index (Phi) is 3.92. The summed E-state index contributed by atoms with van der Waals surface area (Å²) >= 11 is 0. The molecule has 1 aliphatic heterocycles. The lowest BCUT2D eigenvalue weighted by Crippen LogP contribution is -2.47. The highest BCUT2D eigenvalue weighted by Crippen LogP contribution is 2.49. The molecule has 1 N–H and O–H groups in total. The molecule has 0 unspecified atom stereocenters. The fourth-order valence-corrected chi connectivity index (χ4v) is 5.92. The number of rotatable bonds is 4. The van der Waals surface area contributed by atoms with Crippen molar-refractivity contribution < 1.29 is 14.4 Å². The lowest BCUT2D eigenvalue weighted by molar-refractivity contribution is -0.145. The Balaban J connectivity index is 1.34. The first-order valence-electron chi connectivity index (χ1n) is 9.63. The van der Waals surface area contributed by atoms with Crippen LogP contribution < -0.4 is 5.32 Å². The second-order valence-corrected chi connectivity index (χ2v) is 8.64. The number of nitrogens with zero attached hydrogens (tertiary/aromatic N) is 1. The van der Waals surface area contributed by atoms with Crippen molar-refractivity contribution in [1.29, 1.82) is 0 Å². The van der Waals surface area contributed by atoms with E-state index in [-0.39, 0.29) is 30.3 Å². The van der Waals surface area contributed by atoms with E-state index >= 15 is 0 Å². The van der Waals surface area contributed by atoms with Gasteiger partial charge in [0.2, 0.25) is 17.7 Å². The Morgan fingerprint density at radius 1 is 1.25 bits per heavy atom. The van der Waals surface area contributed by atoms with Gasteiger partial charge in [0.1, 0.15) is 6.54 Å². The summed E-state index contributed by atoms with van der Waals surface area (Å²) in [6.07, 6.45) is 9.12. The fraction of sp³-hybridized carbons (Fsp3) is 0.842.